The van der Waals surface area contributed by atoms with Crippen molar-refractivity contribution in [1.82, 2.24) is 4.90 Å². The number of aryl methyl sites for hydroxylation is 1. The standard InChI is InChI=1S/C30H35ClN2O4/c1-32-14-5-3-2-4-6-15-33-19-30(13-7-8-22-16-23(31)10-11-25(22)30)20-37-27-12-9-21(17-26(27)33)24(29(35)36)18-28(32)34/h3,5,9-12,16-17,24H,2,4,6-8,13-15,18-20H2,1H3,(H,35,36)/t24-,30?/m0/s1. The van der Waals surface area contributed by atoms with Gasteiger partial charge in [-0.25, -0.2) is 0 Å². The first-order valence-electron chi connectivity index (χ1n) is 13.3. The van der Waals surface area contributed by atoms with Crippen molar-refractivity contribution in [2.24, 2.45) is 0 Å². The normalized spacial score (nSPS) is 24.5. The van der Waals surface area contributed by atoms with E-state index in [2.05, 4.69) is 23.1 Å². The molecule has 2 aromatic rings. The van der Waals surface area contributed by atoms with Crippen molar-refractivity contribution in [2.75, 3.05) is 38.2 Å². The highest BCUT2D eigenvalue weighted by atomic mass is 35.5. The van der Waals surface area contributed by atoms with Gasteiger partial charge in [0.05, 0.1) is 18.2 Å². The number of hydrogen-bond donors (Lipinski definition) is 1. The van der Waals surface area contributed by atoms with Crippen LogP contribution in [-0.2, 0) is 21.4 Å². The molecule has 37 heavy (non-hydrogen) atoms. The lowest BCUT2D eigenvalue weighted by molar-refractivity contribution is -0.142. The number of allylic oxidation sites excluding steroid dienone is 1. The molecule has 0 saturated heterocycles. The molecular weight excluding hydrogens is 488 g/mol. The fourth-order valence-electron chi connectivity index (χ4n) is 6.08. The van der Waals surface area contributed by atoms with Crippen molar-refractivity contribution in [1.29, 1.82) is 0 Å². The van der Waals surface area contributed by atoms with Crippen LogP contribution in [-0.4, -0.2) is 55.2 Å². The molecule has 6 nitrogen and oxygen atoms in total. The van der Waals surface area contributed by atoms with Crippen LogP contribution >= 0.6 is 11.6 Å². The number of benzene rings is 2. The molecule has 196 valence electrons. The fraction of sp³-hybridized carbons (Fsp3) is 0.467. The summed E-state index contributed by atoms with van der Waals surface area (Å²) < 4.78 is 6.50. The van der Waals surface area contributed by atoms with Crippen LogP contribution in [0.1, 0.15) is 61.1 Å². The maximum absolute atomic E-state index is 12.8. The summed E-state index contributed by atoms with van der Waals surface area (Å²) in [6.45, 7) is 2.71. The molecule has 1 aliphatic carbocycles. The first kappa shape index (κ1) is 25.7. The summed E-state index contributed by atoms with van der Waals surface area (Å²) in [7, 11) is 1.73. The van der Waals surface area contributed by atoms with E-state index in [1.54, 1.807) is 11.9 Å². The minimum absolute atomic E-state index is 0.0720. The number of amides is 1. The molecule has 0 saturated carbocycles. The number of hydrogen-bond acceptors (Lipinski definition) is 4. The third-order valence-corrected chi connectivity index (χ3v) is 8.40. The third kappa shape index (κ3) is 5.35. The summed E-state index contributed by atoms with van der Waals surface area (Å²) in [5, 5.41) is 10.8. The third-order valence-electron chi connectivity index (χ3n) is 8.16. The first-order valence-corrected chi connectivity index (χ1v) is 13.7. The van der Waals surface area contributed by atoms with Gasteiger partial charge in [0, 0.05) is 43.5 Å². The molecule has 7 heteroatoms. The Balaban J connectivity index is 1.55. The van der Waals surface area contributed by atoms with Crippen molar-refractivity contribution in [3.8, 4) is 5.75 Å². The van der Waals surface area contributed by atoms with Crippen molar-refractivity contribution in [3.63, 3.8) is 0 Å². The summed E-state index contributed by atoms with van der Waals surface area (Å²) in [4.78, 5) is 29.1. The van der Waals surface area contributed by atoms with Crippen LogP contribution in [0.25, 0.3) is 0 Å². The molecule has 0 aromatic heterocycles. The predicted molar refractivity (Wildman–Crippen MR) is 146 cm³/mol. The van der Waals surface area contributed by atoms with E-state index in [1.807, 2.05) is 30.3 Å². The lowest BCUT2D eigenvalue weighted by atomic mass is 9.70. The molecular formula is C30H35ClN2O4. The number of carboxylic acids is 1. The lowest BCUT2D eigenvalue weighted by Gasteiger charge is -2.41. The van der Waals surface area contributed by atoms with Crippen LogP contribution in [0.2, 0.25) is 5.02 Å². The smallest absolute Gasteiger partial charge is 0.311 e. The fourth-order valence-corrected chi connectivity index (χ4v) is 6.27. The molecule has 1 spiro atoms. The SMILES string of the molecule is CN1CC=CCCCCN2CC3(CCCc4cc(Cl)ccc43)COc3ccc(cc32)[C@@H](C(=O)O)CC1=O. The Morgan fingerprint density at radius 2 is 2.00 bits per heavy atom. The topological polar surface area (TPSA) is 70.1 Å². The van der Waals surface area contributed by atoms with Crippen LogP contribution in [0, 0.1) is 0 Å². The van der Waals surface area contributed by atoms with Crippen molar-refractivity contribution < 1.29 is 19.4 Å². The van der Waals surface area contributed by atoms with E-state index in [-0.39, 0.29) is 17.7 Å². The Kier molecular flexibility index (Phi) is 7.47. The van der Waals surface area contributed by atoms with Crippen LogP contribution in [0.15, 0.2) is 48.6 Å². The van der Waals surface area contributed by atoms with Crippen LogP contribution < -0.4 is 9.64 Å². The van der Waals surface area contributed by atoms with E-state index < -0.39 is 11.9 Å². The average molecular weight is 523 g/mol. The van der Waals surface area contributed by atoms with E-state index in [9.17, 15) is 14.7 Å². The van der Waals surface area contributed by atoms with Crippen molar-refractivity contribution in [3.05, 3.63) is 70.3 Å². The van der Waals surface area contributed by atoms with Gasteiger partial charge in [0.15, 0.2) is 0 Å². The summed E-state index contributed by atoms with van der Waals surface area (Å²) in [6, 6.07) is 11.9. The zero-order valence-electron chi connectivity index (χ0n) is 21.4. The molecule has 0 radical (unpaired) electrons. The number of likely N-dealkylation sites (N-methyl/N-ethyl adjacent to an activating group) is 1. The number of rotatable bonds is 1. The molecule has 2 aliphatic heterocycles. The number of fused-ring (bicyclic) bond motifs is 3. The summed E-state index contributed by atoms with van der Waals surface area (Å²) in [5.41, 5.74) is 4.01. The zero-order chi connectivity index (χ0) is 26.0. The molecule has 0 fully saturated rings. The second kappa shape index (κ2) is 10.8. The lowest BCUT2D eigenvalue weighted by Crippen LogP contribution is -2.46. The van der Waals surface area contributed by atoms with Gasteiger partial charge in [-0.3, -0.25) is 9.59 Å². The van der Waals surface area contributed by atoms with Gasteiger partial charge >= 0.3 is 5.97 Å². The highest BCUT2D eigenvalue weighted by Gasteiger charge is 2.42. The monoisotopic (exact) mass is 522 g/mol. The maximum atomic E-state index is 12.8. The van der Waals surface area contributed by atoms with E-state index in [0.29, 0.717) is 18.7 Å². The van der Waals surface area contributed by atoms with Crippen LogP contribution in [0.5, 0.6) is 5.75 Å². The van der Waals surface area contributed by atoms with Crippen molar-refractivity contribution >= 4 is 29.2 Å². The first-order chi connectivity index (χ1) is 17.9. The van der Waals surface area contributed by atoms with Gasteiger partial charge in [0.1, 0.15) is 5.75 Å². The van der Waals surface area contributed by atoms with E-state index in [1.165, 1.54) is 11.1 Å². The number of nitrogens with zero attached hydrogens (tertiary/aromatic N) is 2. The number of anilines is 1. The number of ether oxygens (including phenoxy) is 1. The molecule has 3 aliphatic rings. The molecule has 2 bridgehead atoms. The van der Waals surface area contributed by atoms with Gasteiger partial charge in [-0.15, -0.1) is 0 Å². The van der Waals surface area contributed by atoms with Gasteiger partial charge in [-0.2, -0.15) is 0 Å². The Hall–Kier alpha value is -2.99. The molecule has 1 unspecified atom stereocenters. The Bertz CT molecular complexity index is 1210. The largest absolute Gasteiger partial charge is 0.490 e. The Labute approximate surface area is 223 Å². The summed E-state index contributed by atoms with van der Waals surface area (Å²) in [6.07, 6.45) is 10.2. The highest BCUT2D eigenvalue weighted by molar-refractivity contribution is 6.30. The van der Waals surface area contributed by atoms with Gasteiger partial charge in [0.25, 0.3) is 0 Å². The zero-order valence-corrected chi connectivity index (χ0v) is 22.2. The van der Waals surface area contributed by atoms with Crippen LogP contribution in [0.4, 0.5) is 5.69 Å². The molecule has 1 amide bonds. The quantitative estimate of drug-likeness (QED) is 0.496. The second-order valence-corrected chi connectivity index (χ2v) is 11.1. The Morgan fingerprint density at radius 1 is 1.14 bits per heavy atom. The summed E-state index contributed by atoms with van der Waals surface area (Å²) >= 11 is 6.35. The number of carboxylic acid groups (broad SMARTS) is 1. The Morgan fingerprint density at radius 3 is 2.84 bits per heavy atom. The predicted octanol–water partition coefficient (Wildman–Crippen LogP) is 5.57. The van der Waals surface area contributed by atoms with Gasteiger partial charge in [-0.05, 0) is 79.5 Å². The molecule has 2 aromatic carbocycles. The van der Waals surface area contributed by atoms with Gasteiger partial charge in [0.2, 0.25) is 5.91 Å². The van der Waals surface area contributed by atoms with Crippen molar-refractivity contribution in [2.45, 2.75) is 56.3 Å². The van der Waals surface area contributed by atoms with Gasteiger partial charge in [-0.1, -0.05) is 35.9 Å². The van der Waals surface area contributed by atoms with E-state index in [0.717, 1.165) is 68.1 Å². The number of halogens is 1. The highest BCUT2D eigenvalue weighted by Crippen LogP contribution is 2.45. The second-order valence-electron chi connectivity index (χ2n) is 10.7. The van der Waals surface area contributed by atoms with Gasteiger partial charge < -0.3 is 19.6 Å². The van der Waals surface area contributed by atoms with Crippen LogP contribution in [0.3, 0.4) is 0 Å². The van der Waals surface area contributed by atoms with E-state index in [4.69, 9.17) is 16.3 Å². The molecule has 2 atom stereocenters. The number of aliphatic carboxylic acids is 1. The molecule has 1 N–H and O–H groups in total. The minimum Gasteiger partial charge on any atom is -0.490 e. The molecule has 2 heterocycles. The number of carbonyl (C=O) groups is 2. The average Bonchev–Trinajstić information content (AvgIpc) is 3.03. The van der Waals surface area contributed by atoms with E-state index >= 15 is 0 Å². The summed E-state index contributed by atoms with van der Waals surface area (Å²) in [5.74, 6) is -1.30. The molecule has 5 rings (SSSR count). The minimum atomic E-state index is -0.989. The maximum Gasteiger partial charge on any atom is 0.311 e. The number of carbonyl (C=O) groups excluding carboxylic acids is 1.